The molecule has 1 aromatic rings. The standard InChI is InChI=1S/C16H26N2O/c1-2-3-4-5-6-10-13-18-16(19)15(17)14-11-8-7-9-12-14/h7-9,11-12,15H,2-6,10,13,17H2,1H3,(H,18,19)/t15-/m1/s1. The van der Waals surface area contributed by atoms with Gasteiger partial charge in [-0.3, -0.25) is 4.79 Å². The van der Waals surface area contributed by atoms with Gasteiger partial charge in [-0.25, -0.2) is 0 Å². The topological polar surface area (TPSA) is 55.1 Å². The molecule has 0 spiro atoms. The zero-order valence-corrected chi connectivity index (χ0v) is 11.9. The second kappa shape index (κ2) is 9.56. The van der Waals surface area contributed by atoms with Crippen LogP contribution in [-0.4, -0.2) is 12.5 Å². The molecule has 0 fully saturated rings. The summed E-state index contributed by atoms with van der Waals surface area (Å²) in [6, 6.07) is 8.93. The van der Waals surface area contributed by atoms with E-state index < -0.39 is 6.04 Å². The summed E-state index contributed by atoms with van der Waals surface area (Å²) >= 11 is 0. The molecule has 0 radical (unpaired) electrons. The summed E-state index contributed by atoms with van der Waals surface area (Å²) in [6.07, 6.45) is 7.36. The van der Waals surface area contributed by atoms with E-state index in [4.69, 9.17) is 5.73 Å². The van der Waals surface area contributed by atoms with Crippen molar-refractivity contribution in [3.63, 3.8) is 0 Å². The van der Waals surface area contributed by atoms with E-state index in [-0.39, 0.29) is 5.91 Å². The highest BCUT2D eigenvalue weighted by atomic mass is 16.2. The monoisotopic (exact) mass is 262 g/mol. The third-order valence-corrected chi connectivity index (χ3v) is 3.27. The lowest BCUT2D eigenvalue weighted by atomic mass is 10.1. The Balaban J connectivity index is 2.14. The van der Waals surface area contributed by atoms with E-state index in [0.717, 1.165) is 18.5 Å². The van der Waals surface area contributed by atoms with Crippen LogP contribution in [-0.2, 0) is 4.79 Å². The van der Waals surface area contributed by atoms with Gasteiger partial charge in [-0.2, -0.15) is 0 Å². The zero-order chi connectivity index (χ0) is 13.9. The van der Waals surface area contributed by atoms with E-state index in [0.29, 0.717) is 0 Å². The summed E-state index contributed by atoms with van der Waals surface area (Å²) in [5.74, 6) is -0.0836. The van der Waals surface area contributed by atoms with Crippen LogP contribution in [0.25, 0.3) is 0 Å². The molecule has 0 heterocycles. The van der Waals surface area contributed by atoms with Crippen LogP contribution in [0.15, 0.2) is 30.3 Å². The maximum absolute atomic E-state index is 11.8. The predicted octanol–water partition coefficient (Wildman–Crippen LogP) is 3.16. The molecule has 19 heavy (non-hydrogen) atoms. The van der Waals surface area contributed by atoms with Crippen molar-refractivity contribution < 1.29 is 4.79 Å². The molecule has 1 aromatic carbocycles. The highest BCUT2D eigenvalue weighted by Gasteiger charge is 2.14. The number of carbonyl (C=O) groups excluding carboxylic acids is 1. The van der Waals surface area contributed by atoms with Crippen molar-refractivity contribution in [1.29, 1.82) is 0 Å². The smallest absolute Gasteiger partial charge is 0.241 e. The summed E-state index contributed by atoms with van der Waals surface area (Å²) in [5.41, 5.74) is 6.77. The molecule has 0 aliphatic heterocycles. The highest BCUT2D eigenvalue weighted by molar-refractivity contribution is 5.82. The van der Waals surface area contributed by atoms with Gasteiger partial charge in [-0.15, -0.1) is 0 Å². The summed E-state index contributed by atoms with van der Waals surface area (Å²) in [4.78, 5) is 11.8. The summed E-state index contributed by atoms with van der Waals surface area (Å²) in [5, 5.41) is 2.91. The molecule has 1 amide bonds. The third-order valence-electron chi connectivity index (χ3n) is 3.27. The van der Waals surface area contributed by atoms with Gasteiger partial charge in [0.2, 0.25) is 5.91 Å². The van der Waals surface area contributed by atoms with Crippen LogP contribution in [0.3, 0.4) is 0 Å². The van der Waals surface area contributed by atoms with E-state index >= 15 is 0 Å². The summed E-state index contributed by atoms with van der Waals surface area (Å²) in [7, 11) is 0. The fourth-order valence-electron chi connectivity index (χ4n) is 2.04. The number of benzene rings is 1. The van der Waals surface area contributed by atoms with Crippen LogP contribution in [0, 0.1) is 0 Å². The molecular weight excluding hydrogens is 236 g/mol. The Morgan fingerprint density at radius 1 is 1.11 bits per heavy atom. The molecule has 0 aromatic heterocycles. The van der Waals surface area contributed by atoms with Gasteiger partial charge in [0.1, 0.15) is 6.04 Å². The Morgan fingerprint density at radius 2 is 1.74 bits per heavy atom. The van der Waals surface area contributed by atoms with Crippen molar-refractivity contribution in [2.75, 3.05) is 6.54 Å². The molecule has 0 saturated carbocycles. The number of rotatable bonds is 9. The number of amides is 1. The first-order valence-electron chi connectivity index (χ1n) is 7.34. The largest absolute Gasteiger partial charge is 0.354 e. The third kappa shape index (κ3) is 6.39. The highest BCUT2D eigenvalue weighted by Crippen LogP contribution is 2.09. The van der Waals surface area contributed by atoms with Crippen molar-refractivity contribution in [1.82, 2.24) is 5.32 Å². The van der Waals surface area contributed by atoms with Gasteiger partial charge in [0.25, 0.3) is 0 Å². The van der Waals surface area contributed by atoms with Crippen molar-refractivity contribution in [2.45, 2.75) is 51.5 Å². The van der Waals surface area contributed by atoms with Crippen LogP contribution >= 0.6 is 0 Å². The fourth-order valence-corrected chi connectivity index (χ4v) is 2.04. The maximum Gasteiger partial charge on any atom is 0.241 e. The molecule has 3 N–H and O–H groups in total. The molecule has 0 bridgehead atoms. The predicted molar refractivity (Wildman–Crippen MR) is 79.8 cm³/mol. The Bertz CT molecular complexity index is 351. The van der Waals surface area contributed by atoms with E-state index in [1.54, 1.807) is 0 Å². The van der Waals surface area contributed by atoms with Gasteiger partial charge >= 0.3 is 0 Å². The Labute approximate surface area is 116 Å². The first-order chi connectivity index (χ1) is 9.25. The Morgan fingerprint density at radius 3 is 2.42 bits per heavy atom. The minimum atomic E-state index is -0.554. The summed E-state index contributed by atoms with van der Waals surface area (Å²) in [6.45, 7) is 2.94. The lowest BCUT2D eigenvalue weighted by Gasteiger charge is -2.12. The van der Waals surface area contributed by atoms with Gasteiger partial charge in [0, 0.05) is 6.54 Å². The lowest BCUT2D eigenvalue weighted by molar-refractivity contribution is -0.122. The number of nitrogens with one attached hydrogen (secondary N) is 1. The molecule has 3 heteroatoms. The van der Waals surface area contributed by atoms with Gasteiger partial charge in [0.05, 0.1) is 0 Å². The molecule has 1 rings (SSSR count). The molecule has 106 valence electrons. The number of unbranched alkanes of at least 4 members (excludes halogenated alkanes) is 5. The van der Waals surface area contributed by atoms with E-state index in [1.165, 1.54) is 32.1 Å². The SMILES string of the molecule is CCCCCCCCNC(=O)[C@H](N)c1ccccc1. The zero-order valence-electron chi connectivity index (χ0n) is 11.9. The van der Waals surface area contributed by atoms with Gasteiger partial charge in [-0.05, 0) is 12.0 Å². The molecular formula is C16H26N2O. The molecule has 1 atom stereocenters. The number of nitrogens with two attached hydrogens (primary N) is 1. The molecule has 0 unspecified atom stereocenters. The number of hydrogen-bond donors (Lipinski definition) is 2. The van der Waals surface area contributed by atoms with Crippen LogP contribution in [0.5, 0.6) is 0 Å². The molecule has 0 aliphatic rings. The fraction of sp³-hybridized carbons (Fsp3) is 0.562. The van der Waals surface area contributed by atoms with E-state index in [2.05, 4.69) is 12.2 Å². The van der Waals surface area contributed by atoms with Gasteiger partial charge in [-0.1, -0.05) is 69.4 Å². The maximum atomic E-state index is 11.8. The van der Waals surface area contributed by atoms with E-state index in [1.807, 2.05) is 30.3 Å². The first kappa shape index (κ1) is 15.7. The minimum Gasteiger partial charge on any atom is -0.354 e. The van der Waals surface area contributed by atoms with Crippen molar-refractivity contribution in [3.05, 3.63) is 35.9 Å². The van der Waals surface area contributed by atoms with Crippen LogP contribution in [0.1, 0.15) is 57.1 Å². The Kier molecular flexibility index (Phi) is 7.91. The second-order valence-corrected chi connectivity index (χ2v) is 4.95. The summed E-state index contributed by atoms with van der Waals surface area (Å²) < 4.78 is 0. The normalized spacial score (nSPS) is 12.1. The molecule has 3 nitrogen and oxygen atoms in total. The second-order valence-electron chi connectivity index (χ2n) is 4.95. The van der Waals surface area contributed by atoms with Crippen LogP contribution in [0.2, 0.25) is 0 Å². The quantitative estimate of drug-likeness (QED) is 0.672. The van der Waals surface area contributed by atoms with Gasteiger partial charge < -0.3 is 11.1 Å². The Hall–Kier alpha value is -1.35. The lowest BCUT2D eigenvalue weighted by Crippen LogP contribution is -2.34. The molecule has 0 aliphatic carbocycles. The van der Waals surface area contributed by atoms with Crippen molar-refractivity contribution in [2.24, 2.45) is 5.73 Å². The first-order valence-corrected chi connectivity index (χ1v) is 7.34. The van der Waals surface area contributed by atoms with E-state index in [9.17, 15) is 4.79 Å². The van der Waals surface area contributed by atoms with Gasteiger partial charge in [0.15, 0.2) is 0 Å². The van der Waals surface area contributed by atoms with Crippen molar-refractivity contribution in [3.8, 4) is 0 Å². The number of hydrogen-bond acceptors (Lipinski definition) is 2. The number of carbonyl (C=O) groups is 1. The van der Waals surface area contributed by atoms with Crippen LogP contribution in [0.4, 0.5) is 0 Å². The molecule has 0 saturated heterocycles. The van der Waals surface area contributed by atoms with Crippen molar-refractivity contribution >= 4 is 5.91 Å². The van der Waals surface area contributed by atoms with Crippen LogP contribution < -0.4 is 11.1 Å². The average Bonchev–Trinajstić information content (AvgIpc) is 2.46. The average molecular weight is 262 g/mol. The minimum absolute atomic E-state index is 0.0836.